The molecular formula is C24H21F2N5O5S. The van der Waals surface area contributed by atoms with Crippen LogP contribution in [0.5, 0.6) is 11.8 Å². The van der Waals surface area contributed by atoms with E-state index in [4.69, 9.17) is 4.74 Å². The summed E-state index contributed by atoms with van der Waals surface area (Å²) in [5.74, 6) is -4.02. The van der Waals surface area contributed by atoms with Crippen LogP contribution in [0.1, 0.15) is 22.3 Å². The third kappa shape index (κ3) is 4.39. The van der Waals surface area contributed by atoms with Gasteiger partial charge in [-0.2, -0.15) is 5.26 Å². The summed E-state index contributed by atoms with van der Waals surface area (Å²) in [5, 5.41) is 9.67. The molecule has 0 bridgehead atoms. The Kier molecular flexibility index (Phi) is 5.90. The van der Waals surface area contributed by atoms with Crippen molar-refractivity contribution in [2.75, 3.05) is 29.3 Å². The molecule has 1 aliphatic carbocycles. The Morgan fingerprint density at radius 1 is 1.22 bits per heavy atom. The van der Waals surface area contributed by atoms with Crippen LogP contribution in [0.4, 0.5) is 20.2 Å². The first kappa shape index (κ1) is 24.7. The Morgan fingerprint density at radius 3 is 2.54 bits per heavy atom. The first-order valence-electron chi connectivity index (χ1n) is 11.0. The second kappa shape index (κ2) is 8.84. The lowest BCUT2D eigenvalue weighted by Gasteiger charge is -2.42. The van der Waals surface area contributed by atoms with Gasteiger partial charge >= 0.3 is 12.0 Å². The average Bonchev–Trinajstić information content (AvgIpc) is 3.46. The number of esters is 1. The molecule has 1 saturated carbocycles. The van der Waals surface area contributed by atoms with E-state index in [9.17, 15) is 27.9 Å². The minimum Gasteiger partial charge on any atom is -0.465 e. The first-order chi connectivity index (χ1) is 17.5. The predicted octanol–water partition coefficient (Wildman–Crippen LogP) is 5.09. The van der Waals surface area contributed by atoms with Crippen LogP contribution in [0, 0.1) is 17.2 Å². The van der Waals surface area contributed by atoms with Gasteiger partial charge in [0.1, 0.15) is 5.75 Å². The van der Waals surface area contributed by atoms with Crippen LogP contribution in [0.3, 0.4) is 0 Å². The third-order valence-electron chi connectivity index (χ3n) is 6.27. The minimum atomic E-state index is -3.51. The summed E-state index contributed by atoms with van der Waals surface area (Å²) < 4.78 is 61.4. The monoisotopic (exact) mass is 529 g/mol. The molecule has 5 rings (SSSR count). The maximum absolute atomic E-state index is 13.5. The minimum absolute atomic E-state index is 0.0292. The first-order valence-corrected chi connectivity index (χ1v) is 12.5. The lowest BCUT2D eigenvalue weighted by molar-refractivity contribution is 0.0599. The van der Waals surface area contributed by atoms with Gasteiger partial charge in [-0.15, -0.1) is 0 Å². The van der Waals surface area contributed by atoms with Crippen molar-refractivity contribution in [3.8, 4) is 29.0 Å². The van der Waals surface area contributed by atoms with E-state index in [0.29, 0.717) is 33.8 Å². The lowest BCUT2D eigenvalue weighted by Crippen LogP contribution is -2.33. The second-order valence-electron chi connectivity index (χ2n) is 8.58. The van der Waals surface area contributed by atoms with Crippen molar-refractivity contribution < 1.29 is 32.2 Å². The molecule has 0 radical (unpaired) electrons. The molecule has 37 heavy (non-hydrogen) atoms. The molecule has 2 aromatic carbocycles. The van der Waals surface area contributed by atoms with Gasteiger partial charge in [-0.25, -0.2) is 23.5 Å². The number of alkyl halides is 2. The number of benzene rings is 2. The van der Waals surface area contributed by atoms with Gasteiger partial charge in [-0.3, -0.25) is 17.7 Å². The van der Waals surface area contributed by atoms with Gasteiger partial charge in [0.25, 0.3) is 5.92 Å². The maximum Gasteiger partial charge on any atom is 0.341 e. The SMILES string of the molecule is COC(=O)c1cnc(Oc2ccc(C#N)c(-c3ccc4c(c3)N(C)S(O)(O)N4CC3CC3(F)F)c2)nc1. The summed E-state index contributed by atoms with van der Waals surface area (Å²) in [5.41, 5.74) is 2.39. The Bertz CT molecular complexity index is 1430. The molecule has 192 valence electrons. The van der Waals surface area contributed by atoms with Crippen molar-refractivity contribution in [1.29, 1.82) is 5.26 Å². The van der Waals surface area contributed by atoms with Crippen molar-refractivity contribution in [3.05, 3.63) is 59.9 Å². The van der Waals surface area contributed by atoms with E-state index >= 15 is 0 Å². The standard InChI is InChI=1S/C24H21F2N5O5S/c1-30-21-7-14(4-6-20(21)31(37(30,33)34)13-17-9-24(17,25)26)19-8-18(5-3-15(19)10-27)36-23-28-11-16(12-29-23)22(32)35-2/h3-8,11-12,17,33-34H,9,13H2,1-2H3. The van der Waals surface area contributed by atoms with E-state index < -0.39 is 28.8 Å². The zero-order valence-electron chi connectivity index (χ0n) is 19.6. The number of hydrogen-bond acceptors (Lipinski definition) is 10. The number of ether oxygens (including phenoxy) is 2. The molecular weight excluding hydrogens is 508 g/mol. The summed E-state index contributed by atoms with van der Waals surface area (Å²) in [6, 6.07) is 11.8. The van der Waals surface area contributed by atoms with E-state index in [0.717, 1.165) is 0 Å². The number of aromatic nitrogens is 2. The average molecular weight is 530 g/mol. The highest BCUT2D eigenvalue weighted by Crippen LogP contribution is 2.63. The second-order valence-corrected chi connectivity index (χ2v) is 10.5. The van der Waals surface area contributed by atoms with Gasteiger partial charge in [0.2, 0.25) is 0 Å². The van der Waals surface area contributed by atoms with Gasteiger partial charge in [0.15, 0.2) is 0 Å². The molecule has 3 aromatic rings. The number of nitrogens with zero attached hydrogens (tertiary/aromatic N) is 5. The number of fused-ring (bicyclic) bond motifs is 1. The number of hydrogen-bond donors (Lipinski definition) is 2. The molecule has 0 spiro atoms. The van der Waals surface area contributed by atoms with Crippen molar-refractivity contribution in [3.63, 3.8) is 0 Å². The smallest absolute Gasteiger partial charge is 0.341 e. The van der Waals surface area contributed by atoms with Crippen LogP contribution in [0.2, 0.25) is 0 Å². The summed E-state index contributed by atoms with van der Waals surface area (Å²) in [4.78, 5) is 19.5. The molecule has 1 fully saturated rings. The van der Waals surface area contributed by atoms with Crippen molar-refractivity contribution in [2.45, 2.75) is 12.3 Å². The molecule has 1 atom stereocenters. The molecule has 1 unspecified atom stereocenters. The number of nitriles is 1. The highest BCUT2D eigenvalue weighted by atomic mass is 32.3. The van der Waals surface area contributed by atoms with Crippen LogP contribution in [-0.4, -0.2) is 51.7 Å². The molecule has 2 heterocycles. The highest BCUT2D eigenvalue weighted by Gasteiger charge is 2.59. The van der Waals surface area contributed by atoms with Crippen LogP contribution in [0.15, 0.2) is 48.8 Å². The van der Waals surface area contributed by atoms with E-state index in [1.54, 1.807) is 36.4 Å². The number of methoxy groups -OCH3 is 1. The topological polar surface area (TPSA) is 132 Å². The number of carbonyl (C=O) groups is 1. The van der Waals surface area contributed by atoms with Crippen LogP contribution in [0.25, 0.3) is 11.1 Å². The molecule has 13 heteroatoms. The summed E-state index contributed by atoms with van der Waals surface area (Å²) >= 11 is 0. The van der Waals surface area contributed by atoms with E-state index in [1.807, 2.05) is 0 Å². The molecule has 2 aliphatic rings. The normalized spacial score (nSPS) is 19.5. The van der Waals surface area contributed by atoms with Crippen molar-refractivity contribution in [2.24, 2.45) is 5.92 Å². The number of anilines is 2. The van der Waals surface area contributed by atoms with Gasteiger partial charge in [0, 0.05) is 43.9 Å². The fourth-order valence-electron chi connectivity index (χ4n) is 4.05. The van der Waals surface area contributed by atoms with E-state index in [2.05, 4.69) is 20.8 Å². The summed E-state index contributed by atoms with van der Waals surface area (Å²) in [7, 11) is -0.793. The Hall–Kier alpha value is -3.99. The molecule has 1 aliphatic heterocycles. The Balaban J connectivity index is 1.45. The van der Waals surface area contributed by atoms with E-state index in [-0.39, 0.29) is 24.5 Å². The fourth-order valence-corrected chi connectivity index (χ4v) is 5.56. The Labute approximate surface area is 212 Å². The van der Waals surface area contributed by atoms with Gasteiger partial charge in [-0.05, 0) is 46.9 Å². The van der Waals surface area contributed by atoms with Gasteiger partial charge < -0.3 is 9.47 Å². The third-order valence-corrected chi connectivity index (χ3v) is 8.14. The summed E-state index contributed by atoms with van der Waals surface area (Å²) in [6.07, 6.45) is 2.23. The largest absolute Gasteiger partial charge is 0.465 e. The highest BCUT2D eigenvalue weighted by molar-refractivity contribution is 8.26. The Morgan fingerprint density at radius 2 is 1.92 bits per heavy atom. The van der Waals surface area contributed by atoms with Crippen LogP contribution in [-0.2, 0) is 4.74 Å². The number of carbonyl (C=O) groups excluding carboxylic acids is 1. The lowest BCUT2D eigenvalue weighted by atomic mass is 9.99. The molecule has 1 aromatic heterocycles. The van der Waals surface area contributed by atoms with E-state index in [1.165, 1.54) is 35.2 Å². The van der Waals surface area contributed by atoms with Crippen molar-refractivity contribution >= 4 is 28.3 Å². The van der Waals surface area contributed by atoms with Crippen molar-refractivity contribution in [1.82, 2.24) is 9.97 Å². The molecule has 2 N–H and O–H groups in total. The predicted molar refractivity (Wildman–Crippen MR) is 132 cm³/mol. The van der Waals surface area contributed by atoms with Crippen LogP contribution < -0.4 is 13.3 Å². The summed E-state index contributed by atoms with van der Waals surface area (Å²) in [6.45, 7) is -0.187. The molecule has 10 nitrogen and oxygen atoms in total. The molecule has 0 saturated heterocycles. The zero-order chi connectivity index (χ0) is 26.5. The number of halogens is 2. The van der Waals surface area contributed by atoms with Crippen LogP contribution >= 0.6 is 11.0 Å². The quantitative estimate of drug-likeness (QED) is 0.416. The van der Waals surface area contributed by atoms with Gasteiger partial charge in [0.05, 0.1) is 35.7 Å². The fraction of sp³-hybridized carbons (Fsp3) is 0.250. The molecule has 0 amide bonds. The van der Waals surface area contributed by atoms with Gasteiger partial charge in [-0.1, -0.05) is 6.07 Å². The maximum atomic E-state index is 13.5. The zero-order valence-corrected chi connectivity index (χ0v) is 20.4. The number of rotatable bonds is 6.